The number of para-hydroxylation sites is 2. The van der Waals surface area contributed by atoms with E-state index >= 15 is 0 Å². The molecule has 4 aromatic rings. The Morgan fingerprint density at radius 3 is 1.61 bits per heavy atom. The summed E-state index contributed by atoms with van der Waals surface area (Å²) in [5.41, 5.74) is 8.31. The molecule has 0 saturated carbocycles. The standard InChI is InChI=1S/C12H9Br2N.C6H3Br2I.C6H7N/c13-9-6-7-11(14)12(8-9)15-10-4-2-1-3-5-10;7-4-1-2-5(8)6(9)3-4;7-6-4-2-1-3-5-6/h1-8,15H;1-3H;1-5H,7H2. The van der Waals surface area contributed by atoms with Crippen LogP contribution >= 0.6 is 86.3 Å². The van der Waals surface area contributed by atoms with Crippen LogP contribution in [0.4, 0.5) is 17.1 Å². The van der Waals surface area contributed by atoms with Gasteiger partial charge in [-0.25, -0.2) is 0 Å². The van der Waals surface area contributed by atoms with E-state index in [1.165, 1.54) is 3.57 Å². The summed E-state index contributed by atoms with van der Waals surface area (Å²) in [6, 6.07) is 31.7. The first-order valence-corrected chi connectivity index (χ1v) is 13.3. The van der Waals surface area contributed by atoms with Crippen molar-refractivity contribution in [2.45, 2.75) is 0 Å². The molecule has 0 spiro atoms. The lowest BCUT2D eigenvalue weighted by atomic mass is 10.3. The molecule has 0 radical (unpaired) electrons. The number of hydrogen-bond acceptors (Lipinski definition) is 2. The van der Waals surface area contributed by atoms with Gasteiger partial charge in [0.2, 0.25) is 0 Å². The Kier molecular flexibility index (Phi) is 12.2. The fourth-order valence-corrected chi connectivity index (χ4v) is 4.45. The Morgan fingerprint density at radius 1 is 0.613 bits per heavy atom. The average Bonchev–Trinajstić information content (AvgIpc) is 2.76. The second-order valence-corrected chi connectivity index (χ2v) is 10.8. The van der Waals surface area contributed by atoms with Crippen molar-refractivity contribution in [3.05, 3.63) is 119 Å². The molecule has 0 heterocycles. The minimum Gasteiger partial charge on any atom is -0.399 e. The number of benzene rings is 4. The summed E-state index contributed by atoms with van der Waals surface area (Å²) in [7, 11) is 0. The van der Waals surface area contributed by atoms with Crippen LogP contribution in [0.1, 0.15) is 0 Å². The minimum atomic E-state index is 0.822. The van der Waals surface area contributed by atoms with Crippen LogP contribution in [0.3, 0.4) is 0 Å². The summed E-state index contributed by atoms with van der Waals surface area (Å²) in [4.78, 5) is 0. The van der Waals surface area contributed by atoms with Crippen LogP contribution in [-0.4, -0.2) is 0 Å². The zero-order chi connectivity index (χ0) is 22.6. The molecule has 7 heteroatoms. The van der Waals surface area contributed by atoms with Gasteiger partial charge in [-0.2, -0.15) is 0 Å². The molecule has 0 aliphatic carbocycles. The predicted octanol–water partition coefficient (Wildman–Crippen LogP) is 10.0. The fraction of sp³-hybridized carbons (Fsp3) is 0. The summed E-state index contributed by atoms with van der Waals surface area (Å²) in [6.45, 7) is 0. The van der Waals surface area contributed by atoms with E-state index in [4.69, 9.17) is 5.73 Å². The van der Waals surface area contributed by atoms with E-state index in [-0.39, 0.29) is 0 Å². The number of nitrogen functional groups attached to an aromatic ring is 1. The largest absolute Gasteiger partial charge is 0.399 e. The van der Waals surface area contributed by atoms with Crippen molar-refractivity contribution in [3.8, 4) is 0 Å². The molecule has 0 aliphatic rings. The van der Waals surface area contributed by atoms with Crippen molar-refractivity contribution in [2.75, 3.05) is 11.1 Å². The third-order valence-corrected chi connectivity index (χ3v) is 7.67. The van der Waals surface area contributed by atoms with Crippen molar-refractivity contribution in [2.24, 2.45) is 0 Å². The number of nitrogens with one attached hydrogen (secondary N) is 1. The predicted molar refractivity (Wildman–Crippen MR) is 157 cm³/mol. The lowest BCUT2D eigenvalue weighted by molar-refractivity contribution is 1.51. The second kappa shape index (κ2) is 14.3. The van der Waals surface area contributed by atoms with Gasteiger partial charge in [0, 0.05) is 32.8 Å². The van der Waals surface area contributed by atoms with Crippen LogP contribution < -0.4 is 11.1 Å². The Labute approximate surface area is 230 Å². The first-order chi connectivity index (χ1) is 14.8. The number of nitrogens with two attached hydrogens (primary N) is 1. The van der Waals surface area contributed by atoms with E-state index in [1.54, 1.807) is 0 Å². The van der Waals surface area contributed by atoms with Gasteiger partial charge in [-0.3, -0.25) is 0 Å². The highest BCUT2D eigenvalue weighted by Gasteiger charge is 2.00. The molecule has 31 heavy (non-hydrogen) atoms. The summed E-state index contributed by atoms with van der Waals surface area (Å²) in [5, 5.41) is 3.34. The Bertz CT molecular complexity index is 1080. The molecule has 4 aromatic carbocycles. The van der Waals surface area contributed by atoms with Gasteiger partial charge in [-0.05, 0) is 115 Å². The number of anilines is 3. The van der Waals surface area contributed by atoms with Crippen LogP contribution in [-0.2, 0) is 0 Å². The van der Waals surface area contributed by atoms with E-state index in [9.17, 15) is 0 Å². The Hall–Kier alpha value is -0.870. The van der Waals surface area contributed by atoms with Gasteiger partial charge in [-0.15, -0.1) is 0 Å². The van der Waals surface area contributed by atoms with Crippen molar-refractivity contribution >= 4 is 103 Å². The first-order valence-electron chi connectivity index (χ1n) is 9.03. The van der Waals surface area contributed by atoms with E-state index in [0.29, 0.717) is 0 Å². The normalized spacial score (nSPS) is 9.58. The lowest BCUT2D eigenvalue weighted by Gasteiger charge is -2.08. The van der Waals surface area contributed by atoms with Crippen molar-refractivity contribution in [3.63, 3.8) is 0 Å². The molecular weight excluding hydrogens is 763 g/mol. The number of rotatable bonds is 2. The maximum Gasteiger partial charge on any atom is 0.0539 e. The van der Waals surface area contributed by atoms with Gasteiger partial charge >= 0.3 is 0 Å². The third-order valence-electron chi connectivity index (χ3n) is 3.66. The van der Waals surface area contributed by atoms with E-state index in [2.05, 4.69) is 97.7 Å². The fourth-order valence-electron chi connectivity index (χ4n) is 2.19. The van der Waals surface area contributed by atoms with Gasteiger partial charge < -0.3 is 11.1 Å². The molecular formula is C24H19Br4IN2. The van der Waals surface area contributed by atoms with E-state index in [1.807, 2.05) is 91.0 Å². The molecule has 0 aliphatic heterocycles. The highest BCUT2D eigenvalue weighted by Crippen LogP contribution is 2.28. The molecule has 0 aromatic heterocycles. The van der Waals surface area contributed by atoms with Crippen LogP contribution in [0.5, 0.6) is 0 Å². The number of hydrogen-bond donors (Lipinski definition) is 2. The van der Waals surface area contributed by atoms with Crippen LogP contribution in [0.2, 0.25) is 0 Å². The van der Waals surface area contributed by atoms with Crippen LogP contribution in [0, 0.1) is 3.57 Å². The SMILES string of the molecule is Brc1ccc(Br)c(I)c1.Brc1ccc(Br)c(Nc2ccccc2)c1.Nc1ccccc1. The number of halogens is 5. The third kappa shape index (κ3) is 10.5. The molecule has 160 valence electrons. The maximum atomic E-state index is 5.36. The quantitative estimate of drug-likeness (QED) is 0.121. The molecule has 4 rings (SSSR count). The smallest absolute Gasteiger partial charge is 0.0539 e. The molecule has 0 atom stereocenters. The zero-order valence-corrected chi connectivity index (χ0v) is 24.7. The highest BCUT2D eigenvalue weighted by molar-refractivity contribution is 14.1. The summed E-state index contributed by atoms with van der Waals surface area (Å²) in [6.07, 6.45) is 0. The van der Waals surface area contributed by atoms with Crippen molar-refractivity contribution < 1.29 is 0 Å². The van der Waals surface area contributed by atoms with Gasteiger partial charge in [0.05, 0.1) is 5.69 Å². The molecule has 0 unspecified atom stereocenters. The molecule has 0 saturated heterocycles. The Morgan fingerprint density at radius 2 is 1.13 bits per heavy atom. The molecule has 0 fully saturated rings. The summed E-state index contributed by atoms with van der Waals surface area (Å²) < 4.78 is 5.60. The zero-order valence-electron chi connectivity index (χ0n) is 16.2. The van der Waals surface area contributed by atoms with Crippen LogP contribution in [0.15, 0.2) is 115 Å². The average molecular weight is 782 g/mol. The molecule has 0 bridgehead atoms. The van der Waals surface area contributed by atoms with Crippen molar-refractivity contribution in [1.29, 1.82) is 0 Å². The molecule has 3 N–H and O–H groups in total. The van der Waals surface area contributed by atoms with E-state index < -0.39 is 0 Å². The Balaban J connectivity index is 0.000000181. The minimum absolute atomic E-state index is 0.822. The van der Waals surface area contributed by atoms with Gasteiger partial charge in [0.1, 0.15) is 0 Å². The monoisotopic (exact) mass is 778 g/mol. The molecule has 0 amide bonds. The van der Waals surface area contributed by atoms with E-state index in [0.717, 1.165) is 35.0 Å². The second-order valence-electron chi connectivity index (χ2n) is 6.08. The maximum absolute atomic E-state index is 5.36. The van der Waals surface area contributed by atoms with Gasteiger partial charge in [0.15, 0.2) is 0 Å². The van der Waals surface area contributed by atoms with Gasteiger partial charge in [-0.1, -0.05) is 68.3 Å². The first kappa shape index (κ1) is 26.4. The topological polar surface area (TPSA) is 38.0 Å². The van der Waals surface area contributed by atoms with Gasteiger partial charge in [0.25, 0.3) is 0 Å². The molecule has 2 nitrogen and oxygen atoms in total. The lowest BCUT2D eigenvalue weighted by Crippen LogP contribution is -1.90. The summed E-state index contributed by atoms with van der Waals surface area (Å²) >= 11 is 16.0. The van der Waals surface area contributed by atoms with Crippen LogP contribution in [0.25, 0.3) is 0 Å². The highest BCUT2D eigenvalue weighted by atomic mass is 127. The van der Waals surface area contributed by atoms with Crippen molar-refractivity contribution in [1.82, 2.24) is 0 Å². The summed E-state index contributed by atoms with van der Waals surface area (Å²) in [5.74, 6) is 0.